The van der Waals surface area contributed by atoms with E-state index in [0.717, 1.165) is 5.56 Å². The third-order valence-electron chi connectivity index (χ3n) is 3.05. The molecule has 122 valence electrons. The zero-order valence-electron chi connectivity index (χ0n) is 13.1. The topological polar surface area (TPSA) is 90.6 Å². The number of hydrogen-bond donors (Lipinski definition) is 2. The lowest BCUT2D eigenvalue weighted by molar-refractivity contribution is -0.147. The van der Waals surface area contributed by atoms with Gasteiger partial charge < -0.3 is 20.5 Å². The van der Waals surface area contributed by atoms with Crippen molar-refractivity contribution in [2.75, 3.05) is 18.9 Å². The molecule has 1 aromatic carbocycles. The molecule has 0 aliphatic carbocycles. The Morgan fingerprint density at radius 2 is 1.77 bits per heavy atom. The summed E-state index contributed by atoms with van der Waals surface area (Å²) in [5, 5.41) is 3.11. The second-order valence-electron chi connectivity index (χ2n) is 4.77. The fourth-order valence-electron chi connectivity index (χ4n) is 1.92. The van der Waals surface area contributed by atoms with Crippen molar-refractivity contribution >= 4 is 17.6 Å². The van der Waals surface area contributed by atoms with Gasteiger partial charge in [-0.15, -0.1) is 0 Å². The molecular weight excluding hydrogens is 284 g/mol. The molecule has 0 fully saturated rings. The molecule has 0 spiro atoms. The molecule has 0 saturated heterocycles. The Kier molecular flexibility index (Phi) is 7.99. The molecule has 0 heterocycles. The summed E-state index contributed by atoms with van der Waals surface area (Å²) in [6.07, 6.45) is 0.513. The van der Waals surface area contributed by atoms with Gasteiger partial charge in [0.1, 0.15) is 6.04 Å². The molecule has 3 N–H and O–H groups in total. The van der Waals surface area contributed by atoms with Crippen molar-refractivity contribution in [3.63, 3.8) is 0 Å². The van der Waals surface area contributed by atoms with Crippen LogP contribution in [-0.4, -0.2) is 31.2 Å². The van der Waals surface area contributed by atoms with Gasteiger partial charge in [0.05, 0.1) is 13.2 Å². The molecule has 1 unspecified atom stereocenters. The van der Waals surface area contributed by atoms with Crippen LogP contribution < -0.4 is 11.1 Å². The Morgan fingerprint density at radius 1 is 1.14 bits per heavy atom. The minimum absolute atomic E-state index is 0.173. The number of nitrogens with one attached hydrogen (secondary N) is 1. The highest BCUT2D eigenvalue weighted by molar-refractivity contribution is 5.77. The summed E-state index contributed by atoms with van der Waals surface area (Å²) in [7, 11) is 0. The fourth-order valence-corrected chi connectivity index (χ4v) is 1.92. The van der Waals surface area contributed by atoms with E-state index in [9.17, 15) is 9.59 Å². The van der Waals surface area contributed by atoms with Crippen LogP contribution in [0.25, 0.3) is 0 Å². The molecule has 6 heteroatoms. The van der Waals surface area contributed by atoms with E-state index >= 15 is 0 Å². The Labute approximate surface area is 131 Å². The zero-order chi connectivity index (χ0) is 16.4. The predicted octanol–water partition coefficient (Wildman–Crippen LogP) is 1.63. The van der Waals surface area contributed by atoms with E-state index in [1.165, 1.54) is 0 Å². The number of rotatable bonds is 9. The van der Waals surface area contributed by atoms with Crippen molar-refractivity contribution in [3.05, 3.63) is 29.8 Å². The van der Waals surface area contributed by atoms with Crippen LogP contribution in [0.15, 0.2) is 24.3 Å². The van der Waals surface area contributed by atoms with Crippen molar-refractivity contribution in [1.29, 1.82) is 0 Å². The third kappa shape index (κ3) is 6.58. The maximum atomic E-state index is 11.9. The first kappa shape index (κ1) is 18.0. The molecule has 6 nitrogen and oxygen atoms in total. The first-order chi connectivity index (χ1) is 10.6. The minimum atomic E-state index is -0.540. The van der Waals surface area contributed by atoms with Crippen LogP contribution in [0.5, 0.6) is 0 Å². The summed E-state index contributed by atoms with van der Waals surface area (Å²) >= 11 is 0. The molecule has 1 rings (SSSR count). The first-order valence-electron chi connectivity index (χ1n) is 7.46. The number of carbonyl (C=O) groups is 2. The highest BCUT2D eigenvalue weighted by atomic mass is 16.5. The smallest absolute Gasteiger partial charge is 0.323 e. The minimum Gasteiger partial charge on any atom is -0.466 e. The zero-order valence-corrected chi connectivity index (χ0v) is 13.1. The Hall–Kier alpha value is -2.08. The third-order valence-corrected chi connectivity index (χ3v) is 3.05. The standard InChI is InChI=1S/C16H24N2O4/c1-3-21-15(19)10-9-14(16(20)22-4-2)18-11-12-5-7-13(17)8-6-12/h5-8,14,18H,3-4,9-11,17H2,1-2H3. The van der Waals surface area contributed by atoms with E-state index in [0.29, 0.717) is 31.9 Å². The average molecular weight is 308 g/mol. The molecule has 0 radical (unpaired) electrons. The highest BCUT2D eigenvalue weighted by Crippen LogP contribution is 2.07. The van der Waals surface area contributed by atoms with Crippen LogP contribution in [0, 0.1) is 0 Å². The SMILES string of the molecule is CCOC(=O)CCC(NCc1ccc(N)cc1)C(=O)OCC. The van der Waals surface area contributed by atoms with Gasteiger partial charge in [0.25, 0.3) is 0 Å². The molecule has 1 atom stereocenters. The van der Waals surface area contributed by atoms with Crippen molar-refractivity contribution in [2.24, 2.45) is 0 Å². The van der Waals surface area contributed by atoms with Gasteiger partial charge in [-0.25, -0.2) is 0 Å². The lowest BCUT2D eigenvalue weighted by Crippen LogP contribution is -2.38. The number of carbonyl (C=O) groups excluding carboxylic acids is 2. The molecule has 0 aliphatic rings. The number of nitrogens with two attached hydrogens (primary N) is 1. The normalized spacial score (nSPS) is 11.7. The Bertz CT molecular complexity index is 474. The predicted molar refractivity (Wildman–Crippen MR) is 84.0 cm³/mol. The molecule has 0 bridgehead atoms. The molecule has 0 aliphatic heterocycles. The number of anilines is 1. The van der Waals surface area contributed by atoms with Gasteiger partial charge in [-0.1, -0.05) is 12.1 Å². The highest BCUT2D eigenvalue weighted by Gasteiger charge is 2.20. The summed E-state index contributed by atoms with van der Waals surface area (Å²) in [5.74, 6) is -0.673. The van der Waals surface area contributed by atoms with E-state index in [1.54, 1.807) is 26.0 Å². The number of ether oxygens (including phenoxy) is 2. The Balaban J connectivity index is 2.55. The number of nitrogen functional groups attached to an aromatic ring is 1. The summed E-state index contributed by atoms with van der Waals surface area (Å²) in [6.45, 7) is 4.63. The molecule has 0 aromatic heterocycles. The maximum absolute atomic E-state index is 11.9. The summed E-state index contributed by atoms with van der Waals surface area (Å²) in [6, 6.07) is 6.83. The monoisotopic (exact) mass is 308 g/mol. The number of esters is 2. The van der Waals surface area contributed by atoms with E-state index < -0.39 is 6.04 Å². The van der Waals surface area contributed by atoms with E-state index in [1.807, 2.05) is 12.1 Å². The molecule has 22 heavy (non-hydrogen) atoms. The fraction of sp³-hybridized carbons (Fsp3) is 0.500. The van der Waals surface area contributed by atoms with Gasteiger partial charge >= 0.3 is 11.9 Å². The van der Waals surface area contributed by atoms with Crippen LogP contribution >= 0.6 is 0 Å². The van der Waals surface area contributed by atoms with Crippen molar-refractivity contribution in [3.8, 4) is 0 Å². The lowest BCUT2D eigenvalue weighted by Gasteiger charge is -2.17. The van der Waals surface area contributed by atoms with Crippen molar-refractivity contribution in [1.82, 2.24) is 5.32 Å². The van der Waals surface area contributed by atoms with Gasteiger partial charge in [-0.3, -0.25) is 9.59 Å². The van der Waals surface area contributed by atoms with Crippen LogP contribution in [-0.2, 0) is 25.6 Å². The average Bonchev–Trinajstić information content (AvgIpc) is 2.49. The van der Waals surface area contributed by atoms with Crippen LogP contribution in [0.3, 0.4) is 0 Å². The van der Waals surface area contributed by atoms with Crippen LogP contribution in [0.4, 0.5) is 5.69 Å². The number of hydrogen-bond acceptors (Lipinski definition) is 6. The quantitative estimate of drug-likeness (QED) is 0.532. The summed E-state index contributed by atoms with van der Waals surface area (Å²) in [4.78, 5) is 23.4. The van der Waals surface area contributed by atoms with Gasteiger partial charge in [0.2, 0.25) is 0 Å². The van der Waals surface area contributed by atoms with Gasteiger partial charge in [0.15, 0.2) is 0 Å². The van der Waals surface area contributed by atoms with Crippen molar-refractivity contribution in [2.45, 2.75) is 39.3 Å². The molecule has 0 amide bonds. The second-order valence-corrected chi connectivity index (χ2v) is 4.77. The first-order valence-corrected chi connectivity index (χ1v) is 7.46. The van der Waals surface area contributed by atoms with Gasteiger partial charge in [0, 0.05) is 18.7 Å². The summed E-state index contributed by atoms with van der Waals surface area (Å²) in [5.41, 5.74) is 7.32. The Morgan fingerprint density at radius 3 is 2.36 bits per heavy atom. The number of benzene rings is 1. The van der Waals surface area contributed by atoms with Gasteiger partial charge in [-0.05, 0) is 38.0 Å². The lowest BCUT2D eigenvalue weighted by atomic mass is 10.1. The van der Waals surface area contributed by atoms with Crippen LogP contribution in [0.1, 0.15) is 32.3 Å². The molecular formula is C16H24N2O4. The summed E-state index contributed by atoms with van der Waals surface area (Å²) < 4.78 is 9.91. The van der Waals surface area contributed by atoms with E-state index in [4.69, 9.17) is 15.2 Å². The molecule has 0 saturated carbocycles. The van der Waals surface area contributed by atoms with Gasteiger partial charge in [-0.2, -0.15) is 0 Å². The second kappa shape index (κ2) is 9.78. The largest absolute Gasteiger partial charge is 0.466 e. The van der Waals surface area contributed by atoms with Crippen LogP contribution in [0.2, 0.25) is 0 Å². The van der Waals surface area contributed by atoms with E-state index in [-0.39, 0.29) is 18.4 Å². The maximum Gasteiger partial charge on any atom is 0.323 e. The van der Waals surface area contributed by atoms with E-state index in [2.05, 4.69) is 5.32 Å². The molecule has 1 aromatic rings. The van der Waals surface area contributed by atoms with Crippen molar-refractivity contribution < 1.29 is 19.1 Å².